The Morgan fingerprint density at radius 3 is 2.17 bits per heavy atom. The van der Waals surface area contributed by atoms with Crippen LogP contribution in [0.4, 0.5) is 5.69 Å². The van der Waals surface area contributed by atoms with Gasteiger partial charge in [0.05, 0.1) is 10.6 Å². The summed E-state index contributed by atoms with van der Waals surface area (Å²) in [6.45, 7) is 6.98. The van der Waals surface area contributed by atoms with Crippen LogP contribution < -0.4 is 9.62 Å². The van der Waals surface area contributed by atoms with Crippen LogP contribution in [0.5, 0.6) is 0 Å². The maximum atomic E-state index is 13.8. The summed E-state index contributed by atoms with van der Waals surface area (Å²) < 4.78 is 28.7. The van der Waals surface area contributed by atoms with E-state index in [0.29, 0.717) is 11.3 Å². The average Bonchev–Trinajstić information content (AvgIpc) is 2.85. The van der Waals surface area contributed by atoms with Crippen molar-refractivity contribution < 1.29 is 18.0 Å². The topological polar surface area (TPSA) is 86.8 Å². The lowest BCUT2D eigenvalue weighted by molar-refractivity contribution is -0.139. The molecule has 0 aliphatic carbocycles. The Bertz CT molecular complexity index is 1340. The van der Waals surface area contributed by atoms with E-state index in [0.717, 1.165) is 21.0 Å². The number of nitrogens with one attached hydrogen (secondary N) is 1. The Labute approximate surface area is 213 Å². The normalized spacial score (nSPS) is 12.0. The van der Waals surface area contributed by atoms with E-state index in [9.17, 15) is 18.0 Å². The summed E-state index contributed by atoms with van der Waals surface area (Å²) in [6, 6.07) is 20.4. The van der Waals surface area contributed by atoms with Gasteiger partial charge in [-0.05, 0) is 57.0 Å². The number of nitrogens with zero attached hydrogens (tertiary/aromatic N) is 2. The van der Waals surface area contributed by atoms with Gasteiger partial charge in [-0.25, -0.2) is 8.42 Å². The molecule has 0 aromatic heterocycles. The van der Waals surface area contributed by atoms with Crippen LogP contribution in [0.2, 0.25) is 0 Å². The number of para-hydroxylation sites is 1. The van der Waals surface area contributed by atoms with Crippen molar-refractivity contribution in [3.8, 4) is 0 Å². The molecule has 0 bridgehead atoms. The molecule has 2 amide bonds. The fourth-order valence-corrected chi connectivity index (χ4v) is 5.47. The third kappa shape index (κ3) is 6.12. The van der Waals surface area contributed by atoms with Gasteiger partial charge in [-0.1, -0.05) is 65.7 Å². The predicted molar refractivity (Wildman–Crippen MR) is 142 cm³/mol. The van der Waals surface area contributed by atoms with Crippen LogP contribution in [-0.4, -0.2) is 44.8 Å². The van der Waals surface area contributed by atoms with Crippen molar-refractivity contribution in [1.82, 2.24) is 10.2 Å². The highest BCUT2D eigenvalue weighted by molar-refractivity contribution is 7.92. The molecule has 0 unspecified atom stereocenters. The van der Waals surface area contributed by atoms with Gasteiger partial charge < -0.3 is 10.2 Å². The van der Waals surface area contributed by atoms with E-state index in [1.807, 2.05) is 44.2 Å². The Hall–Kier alpha value is -3.65. The van der Waals surface area contributed by atoms with Gasteiger partial charge in [-0.3, -0.25) is 13.9 Å². The monoisotopic (exact) mass is 507 g/mol. The van der Waals surface area contributed by atoms with Crippen molar-refractivity contribution >= 4 is 27.5 Å². The zero-order valence-electron chi connectivity index (χ0n) is 21.4. The Morgan fingerprint density at radius 2 is 1.56 bits per heavy atom. The van der Waals surface area contributed by atoms with Gasteiger partial charge in [0, 0.05) is 13.6 Å². The zero-order chi connectivity index (χ0) is 26.5. The van der Waals surface area contributed by atoms with Crippen molar-refractivity contribution in [2.45, 2.75) is 45.2 Å². The first-order valence-electron chi connectivity index (χ1n) is 11.8. The fourth-order valence-electron chi connectivity index (χ4n) is 3.99. The van der Waals surface area contributed by atoms with Crippen molar-refractivity contribution in [3.05, 3.63) is 95.1 Å². The second kappa shape index (κ2) is 11.4. The second-order valence-electron chi connectivity index (χ2n) is 8.91. The highest BCUT2D eigenvalue weighted by Crippen LogP contribution is 2.27. The van der Waals surface area contributed by atoms with E-state index in [1.54, 1.807) is 44.2 Å². The summed E-state index contributed by atoms with van der Waals surface area (Å²) >= 11 is 0. The van der Waals surface area contributed by atoms with E-state index >= 15 is 0 Å². The molecule has 3 rings (SSSR count). The molecular formula is C28H33N3O4S. The Kier molecular flexibility index (Phi) is 8.53. The van der Waals surface area contributed by atoms with Gasteiger partial charge in [0.1, 0.15) is 12.6 Å². The first-order valence-corrected chi connectivity index (χ1v) is 13.2. The number of aryl methyl sites for hydroxylation is 3. The second-order valence-corrected chi connectivity index (χ2v) is 10.8. The number of benzene rings is 3. The quantitative estimate of drug-likeness (QED) is 0.475. The van der Waals surface area contributed by atoms with Crippen LogP contribution in [-0.2, 0) is 26.2 Å². The SMILES string of the molecule is CNC(=O)[C@H](C)N(Cc1cccc(C)c1)C(=O)CN(c1ccccc1C)S(=O)(=O)c1ccc(C)cc1. The van der Waals surface area contributed by atoms with Gasteiger partial charge in [0.25, 0.3) is 10.0 Å². The third-order valence-electron chi connectivity index (χ3n) is 6.12. The molecule has 0 fully saturated rings. The molecule has 0 aliphatic rings. The molecule has 0 aliphatic heterocycles. The van der Waals surface area contributed by atoms with Crippen molar-refractivity contribution in [1.29, 1.82) is 0 Å². The highest BCUT2D eigenvalue weighted by atomic mass is 32.2. The van der Waals surface area contributed by atoms with Crippen LogP contribution in [0, 0.1) is 20.8 Å². The number of rotatable bonds is 9. The molecule has 36 heavy (non-hydrogen) atoms. The average molecular weight is 508 g/mol. The molecule has 190 valence electrons. The Morgan fingerprint density at radius 1 is 0.889 bits per heavy atom. The first kappa shape index (κ1) is 26.9. The third-order valence-corrected chi connectivity index (χ3v) is 7.90. The predicted octanol–water partition coefficient (Wildman–Crippen LogP) is 3.97. The fraction of sp³-hybridized carbons (Fsp3) is 0.286. The van der Waals surface area contributed by atoms with Gasteiger partial charge in [0.15, 0.2) is 0 Å². The summed E-state index contributed by atoms with van der Waals surface area (Å²) in [5, 5.41) is 2.59. The summed E-state index contributed by atoms with van der Waals surface area (Å²) in [5.41, 5.74) is 3.93. The molecule has 1 N–H and O–H groups in total. The lowest BCUT2D eigenvalue weighted by atomic mass is 10.1. The van der Waals surface area contributed by atoms with Gasteiger partial charge in [-0.2, -0.15) is 0 Å². The van der Waals surface area contributed by atoms with Gasteiger partial charge >= 0.3 is 0 Å². The number of amides is 2. The minimum Gasteiger partial charge on any atom is -0.357 e. The number of carbonyl (C=O) groups is 2. The molecule has 8 heteroatoms. The molecule has 0 heterocycles. The molecule has 3 aromatic carbocycles. The van der Waals surface area contributed by atoms with Crippen LogP contribution in [0.1, 0.15) is 29.2 Å². The van der Waals surface area contributed by atoms with Crippen molar-refractivity contribution in [2.75, 3.05) is 17.9 Å². The van der Waals surface area contributed by atoms with Crippen LogP contribution in [0.25, 0.3) is 0 Å². The standard InChI is InChI=1S/C28H33N3O4S/c1-20-13-15-25(16-14-20)36(34,35)31(26-12-7-6-10-22(26)3)19-27(32)30(23(4)28(33)29-5)18-24-11-8-9-21(2)17-24/h6-17,23H,18-19H2,1-5H3,(H,29,33)/t23-/m0/s1. The summed E-state index contributed by atoms with van der Waals surface area (Å²) in [5.74, 6) is -0.814. The van der Waals surface area contributed by atoms with E-state index in [-0.39, 0.29) is 17.3 Å². The number of hydrogen-bond donors (Lipinski definition) is 1. The minimum absolute atomic E-state index is 0.0914. The molecular weight excluding hydrogens is 474 g/mol. The van der Waals surface area contributed by atoms with E-state index in [4.69, 9.17) is 0 Å². The summed E-state index contributed by atoms with van der Waals surface area (Å²) in [7, 11) is -2.56. The van der Waals surface area contributed by atoms with Crippen molar-refractivity contribution in [2.24, 2.45) is 0 Å². The van der Waals surface area contributed by atoms with E-state index in [2.05, 4.69) is 5.32 Å². The van der Waals surface area contributed by atoms with Crippen LogP contribution >= 0.6 is 0 Å². The molecule has 0 saturated heterocycles. The largest absolute Gasteiger partial charge is 0.357 e. The number of anilines is 1. The summed E-state index contributed by atoms with van der Waals surface area (Å²) in [6.07, 6.45) is 0. The van der Waals surface area contributed by atoms with Gasteiger partial charge in [-0.15, -0.1) is 0 Å². The van der Waals surface area contributed by atoms with Crippen LogP contribution in [0.3, 0.4) is 0 Å². The van der Waals surface area contributed by atoms with Gasteiger partial charge in [0.2, 0.25) is 11.8 Å². The highest BCUT2D eigenvalue weighted by Gasteiger charge is 2.32. The molecule has 0 radical (unpaired) electrons. The zero-order valence-corrected chi connectivity index (χ0v) is 22.2. The minimum atomic E-state index is -4.07. The van der Waals surface area contributed by atoms with E-state index in [1.165, 1.54) is 24.1 Å². The summed E-state index contributed by atoms with van der Waals surface area (Å²) in [4.78, 5) is 27.8. The van der Waals surface area contributed by atoms with Crippen molar-refractivity contribution in [3.63, 3.8) is 0 Å². The molecule has 7 nitrogen and oxygen atoms in total. The molecule has 0 spiro atoms. The number of likely N-dealkylation sites (N-methyl/N-ethyl adjacent to an activating group) is 1. The van der Waals surface area contributed by atoms with Crippen LogP contribution in [0.15, 0.2) is 77.7 Å². The molecule has 1 atom stereocenters. The lowest BCUT2D eigenvalue weighted by Gasteiger charge is -2.32. The molecule has 0 saturated carbocycles. The number of sulfonamides is 1. The number of carbonyl (C=O) groups excluding carboxylic acids is 2. The maximum absolute atomic E-state index is 13.8. The van der Waals surface area contributed by atoms with E-state index < -0.39 is 28.5 Å². The maximum Gasteiger partial charge on any atom is 0.264 e. The number of hydrogen-bond acceptors (Lipinski definition) is 4. The molecule has 3 aromatic rings. The smallest absolute Gasteiger partial charge is 0.264 e. The lowest BCUT2D eigenvalue weighted by Crippen LogP contribution is -2.50. The Balaban J connectivity index is 2.05. The first-order chi connectivity index (χ1) is 17.0.